The van der Waals surface area contributed by atoms with Crippen LogP contribution in [0, 0.1) is 0 Å². The summed E-state index contributed by atoms with van der Waals surface area (Å²) in [6.45, 7) is 5.62. The van der Waals surface area contributed by atoms with E-state index < -0.39 is 17.2 Å². The van der Waals surface area contributed by atoms with Gasteiger partial charge < -0.3 is 25.2 Å². The van der Waals surface area contributed by atoms with Gasteiger partial charge >= 0.3 is 5.69 Å². The fourth-order valence-electron chi connectivity index (χ4n) is 6.37. The molecule has 0 aliphatic carbocycles. The summed E-state index contributed by atoms with van der Waals surface area (Å²) in [6.07, 6.45) is 6.04. The predicted molar refractivity (Wildman–Crippen MR) is 198 cm³/mol. The van der Waals surface area contributed by atoms with E-state index in [1.165, 1.54) is 21.4 Å². The van der Waals surface area contributed by atoms with Crippen LogP contribution in [-0.2, 0) is 17.8 Å². The van der Waals surface area contributed by atoms with E-state index in [9.17, 15) is 14.4 Å². The summed E-state index contributed by atoms with van der Waals surface area (Å²) in [7, 11) is 5.86. The lowest BCUT2D eigenvalue weighted by Gasteiger charge is -2.36. The van der Waals surface area contributed by atoms with Crippen molar-refractivity contribution in [1.82, 2.24) is 24.0 Å². The molecule has 2 N–H and O–H groups in total. The number of carbonyl (C=O) groups excluding carboxylic acids is 1. The Labute approximate surface area is 290 Å². The van der Waals surface area contributed by atoms with Crippen molar-refractivity contribution in [1.29, 1.82) is 0 Å². The molecule has 12 nitrogen and oxygen atoms in total. The van der Waals surface area contributed by atoms with Crippen molar-refractivity contribution < 1.29 is 9.53 Å². The summed E-state index contributed by atoms with van der Waals surface area (Å²) in [4.78, 5) is 53.9. The molecule has 0 unspecified atom stereocenters. The molecule has 2 aromatic heterocycles. The topological polar surface area (TPSA) is 127 Å². The number of rotatable bonds is 12. The second kappa shape index (κ2) is 15.2. The normalized spacial score (nSPS) is 13.4. The third kappa shape index (κ3) is 7.45. The summed E-state index contributed by atoms with van der Waals surface area (Å²) in [5.74, 6) is 0.399. The van der Waals surface area contributed by atoms with E-state index in [1.807, 2.05) is 48.5 Å². The number of fused-ring (bicyclic) bond motifs is 1. The average molecular weight is 675 g/mol. The summed E-state index contributed by atoms with van der Waals surface area (Å²) >= 11 is 0. The van der Waals surface area contributed by atoms with Crippen LogP contribution >= 0.6 is 0 Å². The first-order valence-corrected chi connectivity index (χ1v) is 16.7. The van der Waals surface area contributed by atoms with Crippen molar-refractivity contribution >= 4 is 40.0 Å². The molecule has 5 aromatic rings. The SMILES string of the molecule is C=CC(=O)Nc1cccc(-n2c(=O)n(CCCc3ccccc3)c(=O)c3cnc(Nc4ccc(N5CCC(N(C)C)CC5)cc4OC)nc32)c1. The highest BCUT2D eigenvalue weighted by atomic mass is 16.5. The Morgan fingerprint density at radius 3 is 2.52 bits per heavy atom. The molecule has 1 fully saturated rings. The Hall–Kier alpha value is -5.75. The van der Waals surface area contributed by atoms with Gasteiger partial charge in [-0.2, -0.15) is 4.98 Å². The molecule has 0 atom stereocenters. The van der Waals surface area contributed by atoms with E-state index in [0.29, 0.717) is 41.7 Å². The van der Waals surface area contributed by atoms with Crippen molar-refractivity contribution in [2.45, 2.75) is 38.3 Å². The number of hydrogen-bond donors (Lipinski definition) is 2. The summed E-state index contributed by atoms with van der Waals surface area (Å²) in [5.41, 5.74) is 2.79. The van der Waals surface area contributed by atoms with Crippen molar-refractivity contribution in [2.75, 3.05) is 49.8 Å². The molecule has 0 radical (unpaired) electrons. The molecule has 258 valence electrons. The van der Waals surface area contributed by atoms with E-state index in [-0.39, 0.29) is 23.5 Å². The number of aromatic nitrogens is 4. The molecule has 50 heavy (non-hydrogen) atoms. The maximum Gasteiger partial charge on any atom is 0.337 e. The summed E-state index contributed by atoms with van der Waals surface area (Å²) in [5, 5.41) is 6.15. The maximum atomic E-state index is 14.2. The summed E-state index contributed by atoms with van der Waals surface area (Å²) < 4.78 is 8.37. The van der Waals surface area contributed by atoms with Crippen LogP contribution < -0.4 is 31.5 Å². The molecule has 0 spiro atoms. The molecule has 12 heteroatoms. The fraction of sp³-hybridized carbons (Fsp3) is 0.289. The number of benzene rings is 3. The molecule has 0 saturated carbocycles. The van der Waals surface area contributed by atoms with E-state index in [2.05, 4.69) is 46.1 Å². The molecule has 0 bridgehead atoms. The first-order valence-electron chi connectivity index (χ1n) is 16.7. The zero-order valence-corrected chi connectivity index (χ0v) is 28.6. The number of hydrogen-bond acceptors (Lipinski definition) is 9. The lowest BCUT2D eigenvalue weighted by atomic mass is 10.0. The highest BCUT2D eigenvalue weighted by Crippen LogP contribution is 2.33. The molecule has 3 heterocycles. The molecule has 6 rings (SSSR count). The second-order valence-corrected chi connectivity index (χ2v) is 12.5. The Morgan fingerprint density at radius 1 is 1.02 bits per heavy atom. The molecular formula is C38H42N8O4. The van der Waals surface area contributed by atoms with Crippen LogP contribution in [0.3, 0.4) is 0 Å². The predicted octanol–water partition coefficient (Wildman–Crippen LogP) is 4.98. The Balaban J connectivity index is 1.36. The van der Waals surface area contributed by atoms with E-state index in [4.69, 9.17) is 9.72 Å². The number of amides is 1. The highest BCUT2D eigenvalue weighted by Gasteiger charge is 2.22. The number of aryl methyl sites for hydroxylation is 1. The van der Waals surface area contributed by atoms with Crippen LogP contribution in [0.5, 0.6) is 5.75 Å². The Morgan fingerprint density at radius 2 is 1.80 bits per heavy atom. The zero-order valence-electron chi connectivity index (χ0n) is 28.6. The number of nitrogens with zero attached hydrogens (tertiary/aromatic N) is 6. The van der Waals surface area contributed by atoms with E-state index in [1.54, 1.807) is 31.4 Å². The molecule has 1 aliphatic heterocycles. The number of nitrogens with one attached hydrogen (secondary N) is 2. The van der Waals surface area contributed by atoms with Crippen LogP contribution in [0.2, 0.25) is 0 Å². The standard InChI is InChI=1S/C38H42N8O4/c1-5-34(47)40-27-14-9-15-30(23-27)46-35-31(36(48)45(38(46)49)20-10-13-26-11-7-6-8-12-26)25-39-37(42-35)41-32-17-16-29(24-33(32)50-4)44-21-18-28(19-22-44)43(2)3/h5-9,11-12,14-17,23-25,28H,1,10,13,18-22H2,2-4H3,(H,40,47)(H,39,41,42). The molecule has 1 saturated heterocycles. The first-order chi connectivity index (χ1) is 24.2. The van der Waals surface area contributed by atoms with Crippen LogP contribution in [0.4, 0.5) is 23.0 Å². The molecule has 1 aliphatic rings. The van der Waals surface area contributed by atoms with Crippen LogP contribution in [0.15, 0.2) is 101 Å². The van der Waals surface area contributed by atoms with Crippen molar-refractivity contribution in [3.8, 4) is 11.4 Å². The van der Waals surface area contributed by atoms with Gasteiger partial charge in [-0.15, -0.1) is 0 Å². The molecular weight excluding hydrogens is 632 g/mol. The van der Waals surface area contributed by atoms with Gasteiger partial charge in [-0.1, -0.05) is 43.0 Å². The van der Waals surface area contributed by atoms with Gasteiger partial charge in [-0.05, 0) is 81.7 Å². The van der Waals surface area contributed by atoms with Gasteiger partial charge in [0.05, 0.1) is 18.5 Å². The second-order valence-electron chi connectivity index (χ2n) is 12.5. The molecule has 3 aromatic carbocycles. The smallest absolute Gasteiger partial charge is 0.337 e. The van der Waals surface area contributed by atoms with Gasteiger partial charge in [0.1, 0.15) is 11.1 Å². The highest BCUT2D eigenvalue weighted by molar-refractivity contribution is 5.99. The van der Waals surface area contributed by atoms with Gasteiger partial charge in [0, 0.05) is 49.3 Å². The van der Waals surface area contributed by atoms with Crippen LogP contribution in [0.25, 0.3) is 16.7 Å². The largest absolute Gasteiger partial charge is 0.494 e. The lowest BCUT2D eigenvalue weighted by molar-refractivity contribution is -0.111. The van der Waals surface area contributed by atoms with Gasteiger partial charge in [0.15, 0.2) is 5.65 Å². The minimum Gasteiger partial charge on any atom is -0.494 e. The van der Waals surface area contributed by atoms with Crippen molar-refractivity contribution in [3.05, 3.63) is 118 Å². The third-order valence-corrected chi connectivity index (χ3v) is 9.12. The average Bonchev–Trinajstić information content (AvgIpc) is 3.13. The first kappa shape index (κ1) is 34.1. The van der Waals surface area contributed by atoms with Gasteiger partial charge in [-0.3, -0.25) is 14.2 Å². The zero-order chi connectivity index (χ0) is 35.2. The van der Waals surface area contributed by atoms with E-state index in [0.717, 1.165) is 37.2 Å². The van der Waals surface area contributed by atoms with Crippen molar-refractivity contribution in [3.63, 3.8) is 0 Å². The number of methoxy groups -OCH3 is 1. The molecule has 1 amide bonds. The minimum atomic E-state index is -0.549. The van der Waals surface area contributed by atoms with Gasteiger partial charge in [-0.25, -0.2) is 14.3 Å². The fourth-order valence-corrected chi connectivity index (χ4v) is 6.37. The number of ether oxygens (including phenoxy) is 1. The number of carbonyl (C=O) groups is 1. The van der Waals surface area contributed by atoms with Crippen molar-refractivity contribution in [2.24, 2.45) is 0 Å². The van der Waals surface area contributed by atoms with Crippen LogP contribution in [0.1, 0.15) is 24.8 Å². The van der Waals surface area contributed by atoms with Gasteiger partial charge in [0.25, 0.3) is 5.56 Å². The number of piperidine rings is 1. The minimum absolute atomic E-state index is 0.128. The lowest BCUT2D eigenvalue weighted by Crippen LogP contribution is -2.41. The quantitative estimate of drug-likeness (QED) is 0.176. The monoisotopic (exact) mass is 674 g/mol. The van der Waals surface area contributed by atoms with E-state index >= 15 is 0 Å². The maximum absolute atomic E-state index is 14.2. The third-order valence-electron chi connectivity index (χ3n) is 9.12. The van der Waals surface area contributed by atoms with Gasteiger partial charge in [0.2, 0.25) is 11.9 Å². The Bertz CT molecular complexity index is 2120. The number of anilines is 4. The Kier molecular flexibility index (Phi) is 10.4. The summed E-state index contributed by atoms with van der Waals surface area (Å²) in [6, 6.07) is 23.2. The van der Waals surface area contributed by atoms with Crippen LogP contribution in [-0.4, -0.2) is 70.2 Å².